The van der Waals surface area contributed by atoms with Gasteiger partial charge >= 0.3 is 0 Å². The Morgan fingerprint density at radius 1 is 0.900 bits per heavy atom. The van der Waals surface area contributed by atoms with Crippen molar-refractivity contribution in [3.63, 3.8) is 0 Å². The van der Waals surface area contributed by atoms with Crippen LogP contribution in [-0.4, -0.2) is 43.8 Å². The van der Waals surface area contributed by atoms with Crippen molar-refractivity contribution in [3.05, 3.63) is 94.0 Å². The van der Waals surface area contributed by atoms with Crippen molar-refractivity contribution in [3.8, 4) is 0 Å². The van der Waals surface area contributed by atoms with E-state index in [1.54, 1.807) is 54.6 Å². The minimum Gasteiger partial charge on any atom is -0.352 e. The van der Waals surface area contributed by atoms with E-state index in [4.69, 9.17) is 11.6 Å². The molecular weight excluding hydrogens is 546 g/mol. The molecule has 1 N–H and O–H groups in total. The smallest absolute Gasteiger partial charge is 0.264 e. The van der Waals surface area contributed by atoms with Crippen molar-refractivity contribution in [2.24, 2.45) is 0 Å². The zero-order chi connectivity index (χ0) is 29.6. The summed E-state index contributed by atoms with van der Waals surface area (Å²) in [5.74, 6) is -0.781. The highest BCUT2D eigenvalue weighted by Gasteiger charge is 2.34. The molecule has 0 radical (unpaired) electrons. The number of nitrogens with one attached hydrogen (secondary N) is 1. The molecule has 3 rings (SSSR count). The number of rotatable bonds is 11. The first-order valence-corrected chi connectivity index (χ1v) is 15.2. The minimum absolute atomic E-state index is 0.0839. The SMILES string of the molecule is CCC(C(=O)NC(C)C)N(Cc1ccc(Cl)cc1)C(=O)CN(c1cc(C)ccc1C)S(=O)(=O)c1ccc(C)cc1. The lowest BCUT2D eigenvalue weighted by atomic mass is 10.1. The summed E-state index contributed by atoms with van der Waals surface area (Å²) in [5.41, 5.74) is 3.68. The summed E-state index contributed by atoms with van der Waals surface area (Å²) in [5, 5.41) is 3.45. The van der Waals surface area contributed by atoms with Gasteiger partial charge in [-0.3, -0.25) is 13.9 Å². The third kappa shape index (κ3) is 7.64. The Labute approximate surface area is 243 Å². The fourth-order valence-electron chi connectivity index (χ4n) is 4.43. The molecule has 9 heteroatoms. The van der Waals surface area contributed by atoms with Crippen LogP contribution in [0.1, 0.15) is 49.4 Å². The van der Waals surface area contributed by atoms with Crippen LogP contribution in [0, 0.1) is 20.8 Å². The van der Waals surface area contributed by atoms with Crippen molar-refractivity contribution in [2.45, 2.75) is 71.5 Å². The summed E-state index contributed by atoms with van der Waals surface area (Å²) in [4.78, 5) is 28.9. The second-order valence-electron chi connectivity index (χ2n) is 10.4. The van der Waals surface area contributed by atoms with E-state index in [1.165, 1.54) is 4.90 Å². The quantitative estimate of drug-likeness (QED) is 0.309. The summed E-state index contributed by atoms with van der Waals surface area (Å²) >= 11 is 6.07. The highest BCUT2D eigenvalue weighted by Crippen LogP contribution is 2.29. The number of hydrogen-bond acceptors (Lipinski definition) is 4. The first kappa shape index (κ1) is 31.2. The lowest BCUT2D eigenvalue weighted by Crippen LogP contribution is -2.53. The molecule has 0 spiro atoms. The topological polar surface area (TPSA) is 86.8 Å². The molecule has 0 saturated heterocycles. The molecule has 1 unspecified atom stereocenters. The Morgan fingerprint density at radius 2 is 1.50 bits per heavy atom. The van der Waals surface area contributed by atoms with Gasteiger partial charge in [-0.2, -0.15) is 0 Å². The van der Waals surface area contributed by atoms with Crippen molar-refractivity contribution in [1.29, 1.82) is 0 Å². The molecule has 0 aliphatic heterocycles. The van der Waals surface area contributed by atoms with Gasteiger partial charge in [0.25, 0.3) is 10.0 Å². The largest absolute Gasteiger partial charge is 0.352 e. The Balaban J connectivity index is 2.10. The molecule has 3 aromatic rings. The molecule has 2 amide bonds. The van der Waals surface area contributed by atoms with E-state index >= 15 is 0 Å². The first-order valence-electron chi connectivity index (χ1n) is 13.3. The number of anilines is 1. The molecule has 1 atom stereocenters. The average Bonchev–Trinajstić information content (AvgIpc) is 2.89. The zero-order valence-corrected chi connectivity index (χ0v) is 25.5. The number of hydrogen-bond donors (Lipinski definition) is 1. The van der Waals surface area contributed by atoms with E-state index in [1.807, 2.05) is 53.7 Å². The summed E-state index contributed by atoms with van der Waals surface area (Å²) in [6.45, 7) is 10.7. The molecule has 0 heterocycles. The fourth-order valence-corrected chi connectivity index (χ4v) is 6.02. The van der Waals surface area contributed by atoms with Gasteiger partial charge < -0.3 is 10.2 Å². The predicted molar refractivity (Wildman–Crippen MR) is 161 cm³/mol. The van der Waals surface area contributed by atoms with E-state index in [2.05, 4.69) is 5.32 Å². The van der Waals surface area contributed by atoms with E-state index in [0.717, 1.165) is 21.0 Å². The van der Waals surface area contributed by atoms with Gasteiger partial charge in [0, 0.05) is 17.6 Å². The van der Waals surface area contributed by atoms with Gasteiger partial charge in [0.05, 0.1) is 10.6 Å². The number of aryl methyl sites for hydroxylation is 3. The Morgan fingerprint density at radius 3 is 2.08 bits per heavy atom. The molecule has 0 aliphatic rings. The molecule has 0 fully saturated rings. The predicted octanol–water partition coefficient (Wildman–Crippen LogP) is 5.79. The Kier molecular flexibility index (Phi) is 10.4. The molecule has 0 aliphatic carbocycles. The molecule has 7 nitrogen and oxygen atoms in total. The van der Waals surface area contributed by atoms with Crippen LogP contribution in [0.2, 0.25) is 5.02 Å². The first-order chi connectivity index (χ1) is 18.8. The lowest BCUT2D eigenvalue weighted by molar-refractivity contribution is -0.140. The van der Waals surface area contributed by atoms with Gasteiger partial charge in [0.2, 0.25) is 11.8 Å². The van der Waals surface area contributed by atoms with Crippen LogP contribution in [0.25, 0.3) is 0 Å². The monoisotopic (exact) mass is 583 g/mol. The third-order valence-corrected chi connectivity index (χ3v) is 8.63. The minimum atomic E-state index is -4.12. The maximum absolute atomic E-state index is 14.1. The second kappa shape index (κ2) is 13.3. The maximum Gasteiger partial charge on any atom is 0.264 e. The van der Waals surface area contributed by atoms with Crippen LogP contribution >= 0.6 is 11.6 Å². The lowest BCUT2D eigenvalue weighted by Gasteiger charge is -2.34. The molecule has 0 aromatic heterocycles. The van der Waals surface area contributed by atoms with Crippen LogP contribution < -0.4 is 9.62 Å². The molecule has 3 aromatic carbocycles. The van der Waals surface area contributed by atoms with E-state index < -0.39 is 28.5 Å². The molecule has 0 saturated carbocycles. The highest BCUT2D eigenvalue weighted by molar-refractivity contribution is 7.92. The van der Waals surface area contributed by atoms with Crippen LogP contribution in [-0.2, 0) is 26.2 Å². The number of nitrogens with zero attached hydrogens (tertiary/aromatic N) is 2. The summed E-state index contributed by atoms with van der Waals surface area (Å²) in [6.07, 6.45) is 0.353. The van der Waals surface area contributed by atoms with Crippen molar-refractivity contribution >= 4 is 39.1 Å². The number of sulfonamides is 1. The van der Waals surface area contributed by atoms with Crippen molar-refractivity contribution in [1.82, 2.24) is 10.2 Å². The van der Waals surface area contributed by atoms with Gasteiger partial charge in [0.15, 0.2) is 0 Å². The fraction of sp³-hybridized carbons (Fsp3) is 0.355. The van der Waals surface area contributed by atoms with E-state index in [0.29, 0.717) is 22.7 Å². The van der Waals surface area contributed by atoms with E-state index in [-0.39, 0.29) is 23.4 Å². The molecular formula is C31H38ClN3O4S. The summed E-state index contributed by atoms with van der Waals surface area (Å²) in [7, 11) is -4.12. The van der Waals surface area contributed by atoms with Gasteiger partial charge in [-0.25, -0.2) is 8.42 Å². The standard InChI is InChI=1S/C31H38ClN3O4S/c1-7-28(31(37)33-21(2)3)34(19-25-12-14-26(32)15-13-25)30(36)20-35(29-18-23(5)8-11-24(29)6)40(38,39)27-16-9-22(4)10-17-27/h8-18,21,28H,7,19-20H2,1-6H3,(H,33,37). The molecule has 214 valence electrons. The average molecular weight is 584 g/mol. The van der Waals surface area contributed by atoms with Gasteiger partial charge in [-0.05, 0) is 88.1 Å². The van der Waals surface area contributed by atoms with E-state index in [9.17, 15) is 18.0 Å². The maximum atomic E-state index is 14.1. The van der Waals surface area contributed by atoms with Crippen molar-refractivity contribution in [2.75, 3.05) is 10.8 Å². The number of halogens is 1. The summed E-state index contributed by atoms with van der Waals surface area (Å²) in [6, 6.07) is 18.2. The second-order valence-corrected chi connectivity index (χ2v) is 12.6. The van der Waals surface area contributed by atoms with Crippen LogP contribution in [0.3, 0.4) is 0 Å². The van der Waals surface area contributed by atoms with Crippen LogP contribution in [0.15, 0.2) is 71.6 Å². The van der Waals surface area contributed by atoms with Crippen LogP contribution in [0.5, 0.6) is 0 Å². The number of benzene rings is 3. The number of carbonyl (C=O) groups excluding carboxylic acids is 2. The Hall–Kier alpha value is -3.36. The van der Waals surface area contributed by atoms with Crippen molar-refractivity contribution < 1.29 is 18.0 Å². The zero-order valence-electron chi connectivity index (χ0n) is 23.9. The normalized spacial score (nSPS) is 12.2. The molecule has 40 heavy (non-hydrogen) atoms. The van der Waals surface area contributed by atoms with Gasteiger partial charge in [-0.1, -0.05) is 60.5 Å². The third-order valence-electron chi connectivity index (χ3n) is 6.60. The van der Waals surface area contributed by atoms with Gasteiger partial charge in [-0.15, -0.1) is 0 Å². The molecule has 0 bridgehead atoms. The summed E-state index contributed by atoms with van der Waals surface area (Å²) < 4.78 is 29.2. The number of carbonyl (C=O) groups is 2. The van der Waals surface area contributed by atoms with Crippen LogP contribution in [0.4, 0.5) is 5.69 Å². The Bertz CT molecular complexity index is 1440. The highest BCUT2D eigenvalue weighted by atomic mass is 35.5. The number of amides is 2. The van der Waals surface area contributed by atoms with Gasteiger partial charge in [0.1, 0.15) is 12.6 Å².